The maximum absolute atomic E-state index is 11.9. The van der Waals surface area contributed by atoms with Gasteiger partial charge in [0.25, 0.3) is 0 Å². The molecule has 1 aliphatic heterocycles. The third kappa shape index (κ3) is 2.20. The first-order chi connectivity index (χ1) is 8.67. The summed E-state index contributed by atoms with van der Waals surface area (Å²) in [7, 11) is 0. The fourth-order valence-electron chi connectivity index (χ4n) is 2.44. The van der Waals surface area contributed by atoms with Crippen LogP contribution in [0.25, 0.3) is 0 Å². The number of nitrogens with two attached hydrogens (primary N) is 1. The van der Waals surface area contributed by atoms with Gasteiger partial charge in [0.1, 0.15) is 0 Å². The van der Waals surface area contributed by atoms with Crippen molar-refractivity contribution in [1.29, 1.82) is 0 Å². The third-order valence-corrected chi connectivity index (χ3v) is 3.89. The van der Waals surface area contributed by atoms with E-state index in [1.807, 2.05) is 18.2 Å². The van der Waals surface area contributed by atoms with E-state index in [1.165, 1.54) is 5.69 Å². The first kappa shape index (κ1) is 11.5. The van der Waals surface area contributed by atoms with Crippen LogP contribution >= 0.6 is 0 Å². The molecule has 1 aromatic rings. The summed E-state index contributed by atoms with van der Waals surface area (Å²) >= 11 is 0. The van der Waals surface area contributed by atoms with Crippen LogP contribution in [0.3, 0.4) is 0 Å². The summed E-state index contributed by atoms with van der Waals surface area (Å²) in [5.74, 6) is 0.0300. The van der Waals surface area contributed by atoms with Gasteiger partial charge in [-0.3, -0.25) is 4.79 Å². The summed E-state index contributed by atoms with van der Waals surface area (Å²) < 4.78 is 0. The van der Waals surface area contributed by atoms with E-state index in [4.69, 9.17) is 5.73 Å². The average molecular weight is 245 g/mol. The van der Waals surface area contributed by atoms with Crippen LogP contribution in [0.2, 0.25) is 0 Å². The van der Waals surface area contributed by atoms with Crippen LogP contribution in [-0.2, 0) is 4.79 Å². The normalized spacial score (nSPS) is 24.9. The number of rotatable bonds is 3. The SMILES string of the molecule is NC1(C(=O)NC2CCN(c3ccccc3)C2)CC1. The topological polar surface area (TPSA) is 58.4 Å². The third-order valence-electron chi connectivity index (χ3n) is 3.89. The van der Waals surface area contributed by atoms with Crippen LogP contribution in [0.5, 0.6) is 0 Å². The van der Waals surface area contributed by atoms with Crippen molar-refractivity contribution in [1.82, 2.24) is 5.32 Å². The Bertz CT molecular complexity index is 442. The summed E-state index contributed by atoms with van der Waals surface area (Å²) in [4.78, 5) is 14.2. The van der Waals surface area contributed by atoms with Gasteiger partial charge in [0, 0.05) is 24.8 Å². The van der Waals surface area contributed by atoms with E-state index in [9.17, 15) is 4.79 Å². The van der Waals surface area contributed by atoms with Crippen LogP contribution in [0.15, 0.2) is 30.3 Å². The predicted molar refractivity (Wildman–Crippen MR) is 71.4 cm³/mol. The van der Waals surface area contributed by atoms with Gasteiger partial charge in [-0.05, 0) is 31.4 Å². The van der Waals surface area contributed by atoms with Crippen molar-refractivity contribution >= 4 is 11.6 Å². The fourth-order valence-corrected chi connectivity index (χ4v) is 2.44. The number of nitrogens with one attached hydrogen (secondary N) is 1. The monoisotopic (exact) mass is 245 g/mol. The van der Waals surface area contributed by atoms with Gasteiger partial charge < -0.3 is 16.0 Å². The largest absolute Gasteiger partial charge is 0.369 e. The molecule has 0 spiro atoms. The van der Waals surface area contributed by atoms with E-state index in [0.717, 1.165) is 32.4 Å². The Balaban J connectivity index is 1.57. The second-order valence-electron chi connectivity index (χ2n) is 5.40. The van der Waals surface area contributed by atoms with Gasteiger partial charge in [-0.2, -0.15) is 0 Å². The van der Waals surface area contributed by atoms with E-state index in [1.54, 1.807) is 0 Å². The molecule has 4 heteroatoms. The van der Waals surface area contributed by atoms with Crippen molar-refractivity contribution in [2.24, 2.45) is 5.73 Å². The van der Waals surface area contributed by atoms with Gasteiger partial charge in [0.15, 0.2) is 0 Å². The van der Waals surface area contributed by atoms with Crippen LogP contribution in [0.4, 0.5) is 5.69 Å². The smallest absolute Gasteiger partial charge is 0.240 e. The highest BCUT2D eigenvalue weighted by Crippen LogP contribution is 2.32. The minimum absolute atomic E-state index is 0.0300. The molecule has 1 heterocycles. The highest BCUT2D eigenvalue weighted by atomic mass is 16.2. The van der Waals surface area contributed by atoms with Crippen molar-refractivity contribution in [2.75, 3.05) is 18.0 Å². The fraction of sp³-hybridized carbons (Fsp3) is 0.500. The number of hydrogen-bond donors (Lipinski definition) is 2. The van der Waals surface area contributed by atoms with E-state index in [2.05, 4.69) is 22.3 Å². The molecule has 2 aliphatic rings. The van der Waals surface area contributed by atoms with Crippen LogP contribution in [0.1, 0.15) is 19.3 Å². The van der Waals surface area contributed by atoms with E-state index < -0.39 is 5.54 Å². The molecule has 96 valence electrons. The second kappa shape index (κ2) is 4.28. The molecule has 2 fully saturated rings. The Hall–Kier alpha value is -1.55. The number of nitrogens with zero attached hydrogens (tertiary/aromatic N) is 1. The Morgan fingerprint density at radius 3 is 2.72 bits per heavy atom. The molecule has 1 saturated heterocycles. The molecule has 0 aromatic heterocycles. The summed E-state index contributed by atoms with van der Waals surface area (Å²) in [6.45, 7) is 1.87. The van der Waals surface area contributed by atoms with Crippen molar-refractivity contribution in [3.05, 3.63) is 30.3 Å². The maximum atomic E-state index is 11.9. The molecule has 3 rings (SSSR count). The lowest BCUT2D eigenvalue weighted by atomic mass is 10.2. The Morgan fingerprint density at radius 2 is 2.06 bits per heavy atom. The van der Waals surface area contributed by atoms with Crippen molar-refractivity contribution in [3.8, 4) is 0 Å². The number of amides is 1. The van der Waals surface area contributed by atoms with Gasteiger partial charge in [-0.25, -0.2) is 0 Å². The van der Waals surface area contributed by atoms with Gasteiger partial charge in [0.2, 0.25) is 5.91 Å². The number of carbonyl (C=O) groups is 1. The number of benzene rings is 1. The zero-order chi connectivity index (χ0) is 12.6. The zero-order valence-corrected chi connectivity index (χ0v) is 10.4. The molecule has 4 nitrogen and oxygen atoms in total. The summed E-state index contributed by atoms with van der Waals surface area (Å²) in [6.07, 6.45) is 2.65. The number of carbonyl (C=O) groups excluding carboxylic acids is 1. The number of hydrogen-bond acceptors (Lipinski definition) is 3. The lowest BCUT2D eigenvalue weighted by Crippen LogP contribution is -2.47. The summed E-state index contributed by atoms with van der Waals surface area (Å²) in [6, 6.07) is 10.6. The summed E-state index contributed by atoms with van der Waals surface area (Å²) in [5, 5.41) is 3.08. The lowest BCUT2D eigenvalue weighted by molar-refractivity contribution is -0.123. The van der Waals surface area contributed by atoms with E-state index in [-0.39, 0.29) is 11.9 Å². The quantitative estimate of drug-likeness (QED) is 0.831. The average Bonchev–Trinajstić information content (AvgIpc) is 2.98. The summed E-state index contributed by atoms with van der Waals surface area (Å²) in [5.41, 5.74) is 6.56. The molecule has 1 unspecified atom stereocenters. The molecular weight excluding hydrogens is 226 g/mol. The first-order valence-corrected chi connectivity index (χ1v) is 6.57. The molecule has 3 N–H and O–H groups in total. The molecule has 0 radical (unpaired) electrons. The van der Waals surface area contributed by atoms with Crippen molar-refractivity contribution in [2.45, 2.75) is 30.8 Å². The van der Waals surface area contributed by atoms with E-state index in [0.29, 0.717) is 0 Å². The van der Waals surface area contributed by atoms with Crippen LogP contribution < -0.4 is 16.0 Å². The Morgan fingerprint density at radius 1 is 1.33 bits per heavy atom. The highest BCUT2D eigenvalue weighted by Gasteiger charge is 2.46. The van der Waals surface area contributed by atoms with E-state index >= 15 is 0 Å². The van der Waals surface area contributed by atoms with Crippen molar-refractivity contribution in [3.63, 3.8) is 0 Å². The Labute approximate surface area is 107 Å². The van der Waals surface area contributed by atoms with Gasteiger partial charge in [-0.1, -0.05) is 18.2 Å². The van der Waals surface area contributed by atoms with Gasteiger partial charge in [-0.15, -0.1) is 0 Å². The maximum Gasteiger partial charge on any atom is 0.240 e. The number of para-hydroxylation sites is 1. The molecule has 1 amide bonds. The van der Waals surface area contributed by atoms with Gasteiger partial charge >= 0.3 is 0 Å². The van der Waals surface area contributed by atoms with Crippen molar-refractivity contribution < 1.29 is 4.79 Å². The zero-order valence-electron chi connectivity index (χ0n) is 10.4. The minimum Gasteiger partial charge on any atom is -0.369 e. The Kier molecular flexibility index (Phi) is 2.74. The molecular formula is C14H19N3O. The minimum atomic E-state index is -0.555. The molecule has 0 bridgehead atoms. The van der Waals surface area contributed by atoms with Gasteiger partial charge in [0.05, 0.1) is 5.54 Å². The molecule has 1 saturated carbocycles. The van der Waals surface area contributed by atoms with Crippen LogP contribution in [0, 0.1) is 0 Å². The molecule has 1 aliphatic carbocycles. The lowest BCUT2D eigenvalue weighted by Gasteiger charge is -2.19. The predicted octanol–water partition coefficient (Wildman–Crippen LogP) is 0.873. The second-order valence-corrected chi connectivity index (χ2v) is 5.40. The standard InChI is InChI=1S/C14H19N3O/c15-14(7-8-14)13(18)16-11-6-9-17(10-11)12-4-2-1-3-5-12/h1-5,11H,6-10,15H2,(H,16,18). The molecule has 18 heavy (non-hydrogen) atoms. The van der Waals surface area contributed by atoms with Crippen LogP contribution in [-0.4, -0.2) is 30.6 Å². The first-order valence-electron chi connectivity index (χ1n) is 6.57. The molecule has 1 aromatic carbocycles. The number of anilines is 1. The highest BCUT2D eigenvalue weighted by molar-refractivity contribution is 5.89. The molecule has 1 atom stereocenters.